The Morgan fingerprint density at radius 1 is 0.484 bits per heavy atom. The highest BCUT2D eigenvalue weighted by atomic mass is 32.1. The van der Waals surface area contributed by atoms with Crippen LogP contribution in [0, 0.1) is 0 Å². The standard InChI is InChI=1S/C59H39NOS/c1-3-19-40(20-4-1)59(41-21-5-2-6-22-41)51-29-12-9-23-43(51)44-34-33-42(37-52(44)59)60(54-31-16-28-49-46-25-11-14-32-56(46)62-58(49)54)53-30-13-10-24-45(53)47-26-15-27-48-50-35-38-17-7-8-18-39(38)36-55(50)61-57(47)48/h1,3-5,7-37H,2,6H2. The highest BCUT2D eigenvalue weighted by molar-refractivity contribution is 7.26. The van der Waals surface area contributed by atoms with E-state index in [0.29, 0.717) is 0 Å². The normalized spacial score (nSPS) is 15.7. The number of para-hydroxylation sites is 2. The lowest BCUT2D eigenvalue weighted by atomic mass is 9.66. The number of thiophene rings is 1. The van der Waals surface area contributed by atoms with Crippen LogP contribution in [0.3, 0.4) is 0 Å². The zero-order valence-electron chi connectivity index (χ0n) is 33.9. The minimum Gasteiger partial charge on any atom is -0.455 e. The molecule has 9 aromatic carbocycles. The number of rotatable bonds is 6. The highest BCUT2D eigenvalue weighted by Crippen LogP contribution is 2.59. The van der Waals surface area contributed by atoms with Gasteiger partial charge in [0.2, 0.25) is 0 Å². The van der Waals surface area contributed by atoms with Gasteiger partial charge >= 0.3 is 0 Å². The second-order valence-electron chi connectivity index (χ2n) is 16.6. The average Bonchev–Trinajstić information content (AvgIpc) is 4.00. The van der Waals surface area contributed by atoms with Crippen LogP contribution in [0.15, 0.2) is 222 Å². The molecular formula is C59H39NOS. The fraction of sp³-hybridized carbons (Fsp3) is 0.0508. The molecule has 0 saturated heterocycles. The maximum absolute atomic E-state index is 6.91. The Kier molecular flexibility index (Phi) is 7.85. The highest BCUT2D eigenvalue weighted by Gasteiger charge is 2.47. The Morgan fingerprint density at radius 2 is 1.18 bits per heavy atom. The summed E-state index contributed by atoms with van der Waals surface area (Å²) in [6, 6.07) is 71.6. The van der Waals surface area contributed by atoms with Crippen molar-refractivity contribution in [2.75, 3.05) is 4.90 Å². The zero-order valence-corrected chi connectivity index (χ0v) is 34.7. The van der Waals surface area contributed by atoms with Gasteiger partial charge in [-0.1, -0.05) is 170 Å². The molecule has 0 fully saturated rings. The van der Waals surface area contributed by atoms with Gasteiger partial charge in [0.25, 0.3) is 0 Å². The average molecular weight is 810 g/mol. The van der Waals surface area contributed by atoms with E-state index in [1.54, 1.807) is 0 Å². The van der Waals surface area contributed by atoms with Gasteiger partial charge < -0.3 is 9.32 Å². The fourth-order valence-corrected chi connectivity index (χ4v) is 11.9. The van der Waals surface area contributed by atoms with Gasteiger partial charge in [-0.3, -0.25) is 0 Å². The lowest BCUT2D eigenvalue weighted by Crippen LogP contribution is -2.29. The second kappa shape index (κ2) is 13.8. The third kappa shape index (κ3) is 5.09. The van der Waals surface area contributed by atoms with Crippen molar-refractivity contribution in [2.45, 2.75) is 18.3 Å². The van der Waals surface area contributed by atoms with Crippen LogP contribution >= 0.6 is 11.3 Å². The van der Waals surface area contributed by atoms with Gasteiger partial charge in [-0.05, 0) is 99.5 Å². The molecule has 292 valence electrons. The molecule has 0 amide bonds. The molecule has 62 heavy (non-hydrogen) atoms. The zero-order chi connectivity index (χ0) is 40.8. The van der Waals surface area contributed by atoms with E-state index in [9.17, 15) is 0 Å². The van der Waals surface area contributed by atoms with Gasteiger partial charge in [0, 0.05) is 43.1 Å². The van der Waals surface area contributed by atoms with Crippen molar-refractivity contribution in [3.63, 3.8) is 0 Å². The molecule has 0 bridgehead atoms. The van der Waals surface area contributed by atoms with E-state index in [-0.39, 0.29) is 0 Å². The number of hydrogen-bond acceptors (Lipinski definition) is 3. The predicted octanol–water partition coefficient (Wildman–Crippen LogP) is 16.8. The summed E-state index contributed by atoms with van der Waals surface area (Å²) in [5.41, 5.74) is 14.7. The molecule has 0 radical (unpaired) electrons. The summed E-state index contributed by atoms with van der Waals surface area (Å²) >= 11 is 1.87. The van der Waals surface area contributed by atoms with Crippen LogP contribution in [0.1, 0.15) is 29.5 Å². The lowest BCUT2D eigenvalue weighted by molar-refractivity contribution is 0.670. The van der Waals surface area contributed by atoms with E-state index in [4.69, 9.17) is 4.42 Å². The molecule has 1 unspecified atom stereocenters. The molecule has 2 heterocycles. The van der Waals surface area contributed by atoms with E-state index in [2.05, 4.69) is 217 Å². The van der Waals surface area contributed by atoms with Crippen LogP contribution in [0.25, 0.3) is 75.1 Å². The second-order valence-corrected chi connectivity index (χ2v) is 17.7. The molecule has 13 rings (SSSR count). The summed E-state index contributed by atoms with van der Waals surface area (Å²) in [5, 5.41) is 7.18. The van der Waals surface area contributed by atoms with Crippen LogP contribution < -0.4 is 4.90 Å². The third-order valence-corrected chi connectivity index (χ3v) is 14.6. The number of hydrogen-bond donors (Lipinski definition) is 0. The summed E-state index contributed by atoms with van der Waals surface area (Å²) in [6.07, 6.45) is 9.30. The summed E-state index contributed by atoms with van der Waals surface area (Å²) in [6.45, 7) is 0. The minimum absolute atomic E-state index is 0.488. The monoisotopic (exact) mass is 809 g/mol. The fourth-order valence-electron chi connectivity index (χ4n) is 10.7. The van der Waals surface area contributed by atoms with Gasteiger partial charge in [-0.2, -0.15) is 0 Å². The van der Waals surface area contributed by atoms with Gasteiger partial charge in [0.1, 0.15) is 11.2 Å². The Bertz CT molecular complexity index is 3660. The maximum Gasteiger partial charge on any atom is 0.143 e. The molecule has 11 aromatic rings. The summed E-state index contributed by atoms with van der Waals surface area (Å²) in [5.74, 6) is 0. The maximum atomic E-state index is 6.91. The molecule has 0 aliphatic heterocycles. The van der Waals surface area contributed by atoms with E-state index >= 15 is 0 Å². The van der Waals surface area contributed by atoms with Crippen molar-refractivity contribution < 1.29 is 4.42 Å². The van der Waals surface area contributed by atoms with E-state index in [1.165, 1.54) is 64.3 Å². The van der Waals surface area contributed by atoms with E-state index in [0.717, 1.165) is 63.0 Å². The largest absolute Gasteiger partial charge is 0.455 e. The molecule has 2 nitrogen and oxygen atoms in total. The molecule has 3 heteroatoms. The van der Waals surface area contributed by atoms with Gasteiger partial charge in [-0.25, -0.2) is 0 Å². The molecule has 2 aliphatic rings. The Hall–Kier alpha value is -7.46. The van der Waals surface area contributed by atoms with Crippen molar-refractivity contribution in [3.8, 4) is 22.3 Å². The van der Waals surface area contributed by atoms with Crippen LogP contribution in [-0.4, -0.2) is 0 Å². The van der Waals surface area contributed by atoms with Crippen molar-refractivity contribution in [1.29, 1.82) is 0 Å². The molecule has 0 spiro atoms. The number of furan rings is 1. The Balaban J connectivity index is 1.11. The minimum atomic E-state index is -0.488. The number of nitrogens with zero attached hydrogens (tertiary/aromatic N) is 1. The first-order valence-corrected chi connectivity index (χ1v) is 22.4. The lowest BCUT2D eigenvalue weighted by Gasteiger charge is -2.36. The van der Waals surface area contributed by atoms with Crippen molar-refractivity contribution in [1.82, 2.24) is 0 Å². The van der Waals surface area contributed by atoms with Gasteiger partial charge in [0.15, 0.2) is 0 Å². The van der Waals surface area contributed by atoms with E-state index in [1.807, 2.05) is 11.3 Å². The topological polar surface area (TPSA) is 16.4 Å². The first-order valence-electron chi connectivity index (χ1n) is 21.6. The third-order valence-electron chi connectivity index (χ3n) is 13.3. The van der Waals surface area contributed by atoms with E-state index < -0.39 is 5.41 Å². The quantitative estimate of drug-likeness (QED) is 0.166. The van der Waals surface area contributed by atoms with Crippen molar-refractivity contribution >= 4 is 81.3 Å². The Labute approximate surface area is 363 Å². The number of allylic oxidation sites excluding steroid dienone is 4. The van der Waals surface area contributed by atoms with Crippen molar-refractivity contribution in [2.24, 2.45) is 0 Å². The number of benzene rings is 9. The molecule has 0 saturated carbocycles. The van der Waals surface area contributed by atoms with Crippen molar-refractivity contribution in [3.05, 3.63) is 235 Å². The molecule has 2 aliphatic carbocycles. The Morgan fingerprint density at radius 3 is 2.06 bits per heavy atom. The number of fused-ring (bicyclic) bond motifs is 10. The summed E-state index contributed by atoms with van der Waals surface area (Å²) in [4.78, 5) is 2.52. The molecule has 2 aromatic heterocycles. The molecule has 0 N–H and O–H groups in total. The smallest absolute Gasteiger partial charge is 0.143 e. The van der Waals surface area contributed by atoms with Crippen LogP contribution in [0.5, 0.6) is 0 Å². The van der Waals surface area contributed by atoms with Gasteiger partial charge in [0.05, 0.1) is 21.5 Å². The van der Waals surface area contributed by atoms with Gasteiger partial charge in [-0.15, -0.1) is 11.3 Å². The molecular weight excluding hydrogens is 771 g/mol. The first kappa shape index (κ1) is 35.3. The van der Waals surface area contributed by atoms with Crippen LogP contribution in [0.2, 0.25) is 0 Å². The molecule has 1 atom stereocenters. The van der Waals surface area contributed by atoms with Crippen LogP contribution in [-0.2, 0) is 5.41 Å². The SMILES string of the molecule is C1=CC(C2(c3ccccc3)c3ccccc3-c3ccc(N(c4ccccc4-c4cccc5c4oc4cc6ccccc6cc45)c4cccc5c4sc4ccccc45)cc32)=CCC1. The number of anilines is 3. The first-order chi connectivity index (χ1) is 30.8. The van der Waals surface area contributed by atoms with Crippen LogP contribution in [0.4, 0.5) is 17.1 Å². The summed E-state index contributed by atoms with van der Waals surface area (Å²) < 4.78 is 9.45. The summed E-state index contributed by atoms with van der Waals surface area (Å²) in [7, 11) is 0. The predicted molar refractivity (Wildman–Crippen MR) is 262 cm³/mol.